The molecule has 1 rings (SSSR count). The molecule has 0 aliphatic rings. The second-order valence-corrected chi connectivity index (χ2v) is 4.83. The number of aliphatic imine (C=N–C) groups is 1. The third-order valence-corrected chi connectivity index (χ3v) is 3.13. The van der Waals surface area contributed by atoms with Crippen LogP contribution in [0.5, 0.6) is 0 Å². The average Bonchev–Trinajstić information content (AvgIpc) is 2.43. The van der Waals surface area contributed by atoms with Crippen LogP contribution in [0.4, 0.5) is 0 Å². The number of benzene rings is 1. The van der Waals surface area contributed by atoms with Crippen LogP contribution in [0.2, 0.25) is 0 Å². The molecule has 120 valence electrons. The second-order valence-electron chi connectivity index (χ2n) is 4.83. The molecule has 0 radical (unpaired) electrons. The van der Waals surface area contributed by atoms with E-state index in [2.05, 4.69) is 47.7 Å². The Balaban J connectivity index is 0.00000400. The van der Waals surface area contributed by atoms with E-state index in [0.717, 1.165) is 38.7 Å². The van der Waals surface area contributed by atoms with Crippen molar-refractivity contribution in [3.05, 3.63) is 34.9 Å². The van der Waals surface area contributed by atoms with Gasteiger partial charge in [-0.2, -0.15) is 0 Å². The van der Waals surface area contributed by atoms with E-state index in [-0.39, 0.29) is 24.0 Å². The van der Waals surface area contributed by atoms with Gasteiger partial charge in [0.15, 0.2) is 5.96 Å². The summed E-state index contributed by atoms with van der Waals surface area (Å²) in [6.45, 7) is 9.49. The van der Waals surface area contributed by atoms with Gasteiger partial charge < -0.3 is 15.4 Å². The largest absolute Gasteiger partial charge is 0.382 e. The van der Waals surface area contributed by atoms with Crippen LogP contribution < -0.4 is 10.6 Å². The van der Waals surface area contributed by atoms with Gasteiger partial charge in [0.05, 0.1) is 0 Å². The number of guanidine groups is 1. The molecule has 0 heterocycles. The van der Waals surface area contributed by atoms with Crippen molar-refractivity contribution < 1.29 is 4.74 Å². The van der Waals surface area contributed by atoms with E-state index in [0.29, 0.717) is 0 Å². The minimum atomic E-state index is 0. The lowest BCUT2D eigenvalue weighted by molar-refractivity contribution is 0.145. The highest BCUT2D eigenvalue weighted by molar-refractivity contribution is 14.0. The van der Waals surface area contributed by atoms with Crippen molar-refractivity contribution in [2.24, 2.45) is 4.99 Å². The van der Waals surface area contributed by atoms with Gasteiger partial charge in [-0.05, 0) is 38.3 Å². The number of hydrogen-bond acceptors (Lipinski definition) is 2. The van der Waals surface area contributed by atoms with E-state index in [1.807, 2.05) is 6.92 Å². The molecule has 0 amide bonds. The Morgan fingerprint density at radius 2 is 2.00 bits per heavy atom. The lowest BCUT2D eigenvalue weighted by atomic mass is 10.1. The van der Waals surface area contributed by atoms with Crippen molar-refractivity contribution in [1.29, 1.82) is 0 Å². The molecule has 1 aromatic carbocycles. The highest BCUT2D eigenvalue weighted by Gasteiger charge is 2.01. The molecular weight excluding hydrogens is 377 g/mol. The molecule has 21 heavy (non-hydrogen) atoms. The van der Waals surface area contributed by atoms with E-state index in [9.17, 15) is 0 Å². The van der Waals surface area contributed by atoms with Crippen molar-refractivity contribution in [3.8, 4) is 0 Å². The Morgan fingerprint density at radius 1 is 1.24 bits per heavy atom. The summed E-state index contributed by atoms with van der Waals surface area (Å²) in [6.07, 6.45) is 0.984. The monoisotopic (exact) mass is 405 g/mol. The number of ether oxygens (including phenoxy) is 1. The van der Waals surface area contributed by atoms with Crippen LogP contribution in [-0.4, -0.2) is 32.8 Å². The van der Waals surface area contributed by atoms with Crippen LogP contribution in [0.1, 0.15) is 30.0 Å². The highest BCUT2D eigenvalue weighted by atomic mass is 127. The van der Waals surface area contributed by atoms with Gasteiger partial charge in [-0.15, -0.1) is 24.0 Å². The van der Waals surface area contributed by atoms with Crippen molar-refractivity contribution in [3.63, 3.8) is 0 Å². The fourth-order valence-electron chi connectivity index (χ4n) is 1.97. The number of nitrogens with one attached hydrogen (secondary N) is 2. The SMILES string of the molecule is CCOCCCNC(=NC)NCc1ccc(C)cc1C.I. The Kier molecular flexibility index (Phi) is 11.3. The zero-order chi connectivity index (χ0) is 14.8. The van der Waals surface area contributed by atoms with E-state index in [4.69, 9.17) is 4.74 Å². The third-order valence-electron chi connectivity index (χ3n) is 3.13. The Labute approximate surface area is 145 Å². The molecule has 5 heteroatoms. The van der Waals surface area contributed by atoms with Crippen molar-refractivity contribution in [2.75, 3.05) is 26.8 Å². The first-order valence-corrected chi connectivity index (χ1v) is 7.25. The molecule has 0 saturated carbocycles. The number of aryl methyl sites for hydroxylation is 2. The Morgan fingerprint density at radius 3 is 2.62 bits per heavy atom. The summed E-state index contributed by atoms with van der Waals surface area (Å²) in [4.78, 5) is 4.22. The molecule has 0 atom stereocenters. The average molecular weight is 405 g/mol. The molecule has 0 aromatic heterocycles. The second kappa shape index (κ2) is 11.8. The van der Waals surface area contributed by atoms with E-state index in [1.165, 1.54) is 16.7 Å². The summed E-state index contributed by atoms with van der Waals surface area (Å²) >= 11 is 0. The van der Waals surface area contributed by atoms with Crippen LogP contribution in [0.25, 0.3) is 0 Å². The first-order chi connectivity index (χ1) is 9.67. The van der Waals surface area contributed by atoms with Crippen LogP contribution in [0.15, 0.2) is 23.2 Å². The molecule has 0 spiro atoms. The summed E-state index contributed by atoms with van der Waals surface area (Å²) < 4.78 is 5.30. The minimum Gasteiger partial charge on any atom is -0.382 e. The number of hydrogen-bond donors (Lipinski definition) is 2. The molecule has 2 N–H and O–H groups in total. The predicted octanol–water partition coefficient (Wildman–Crippen LogP) is 3.01. The molecule has 0 aliphatic carbocycles. The lowest BCUT2D eigenvalue weighted by Gasteiger charge is -2.13. The molecule has 0 saturated heterocycles. The van der Waals surface area contributed by atoms with Gasteiger partial charge in [-0.25, -0.2) is 0 Å². The number of nitrogens with zero attached hydrogens (tertiary/aromatic N) is 1. The van der Waals surface area contributed by atoms with Gasteiger partial charge in [0.1, 0.15) is 0 Å². The van der Waals surface area contributed by atoms with Crippen LogP contribution in [-0.2, 0) is 11.3 Å². The molecule has 0 aliphatic heterocycles. The summed E-state index contributed by atoms with van der Waals surface area (Å²) in [5.74, 6) is 0.835. The fourth-order valence-corrected chi connectivity index (χ4v) is 1.97. The standard InChI is InChI=1S/C16H27N3O.HI/c1-5-20-10-6-9-18-16(17-4)19-12-15-8-7-13(2)11-14(15)3;/h7-8,11H,5-6,9-10,12H2,1-4H3,(H2,17,18,19);1H. The minimum absolute atomic E-state index is 0. The molecule has 0 bridgehead atoms. The lowest BCUT2D eigenvalue weighted by Crippen LogP contribution is -2.37. The maximum atomic E-state index is 5.30. The predicted molar refractivity (Wildman–Crippen MR) is 101 cm³/mol. The van der Waals surface area contributed by atoms with Gasteiger partial charge in [-0.3, -0.25) is 4.99 Å². The maximum Gasteiger partial charge on any atom is 0.191 e. The number of halogens is 1. The zero-order valence-corrected chi connectivity index (χ0v) is 15.9. The van der Waals surface area contributed by atoms with Crippen molar-refractivity contribution in [1.82, 2.24) is 10.6 Å². The topological polar surface area (TPSA) is 45.6 Å². The summed E-state index contributed by atoms with van der Waals surface area (Å²) in [5.41, 5.74) is 3.90. The molecule has 4 nitrogen and oxygen atoms in total. The van der Waals surface area contributed by atoms with Gasteiger partial charge in [0, 0.05) is 33.4 Å². The van der Waals surface area contributed by atoms with Gasteiger partial charge in [0.2, 0.25) is 0 Å². The summed E-state index contributed by atoms with van der Waals surface area (Å²) in [5, 5.41) is 6.62. The van der Waals surface area contributed by atoms with E-state index >= 15 is 0 Å². The van der Waals surface area contributed by atoms with Crippen molar-refractivity contribution in [2.45, 2.75) is 33.7 Å². The molecular formula is C16H28IN3O. The summed E-state index contributed by atoms with van der Waals surface area (Å²) in [7, 11) is 1.79. The van der Waals surface area contributed by atoms with E-state index < -0.39 is 0 Å². The van der Waals surface area contributed by atoms with Gasteiger partial charge in [0.25, 0.3) is 0 Å². The smallest absolute Gasteiger partial charge is 0.191 e. The first-order valence-electron chi connectivity index (χ1n) is 7.25. The quantitative estimate of drug-likeness (QED) is 0.317. The van der Waals surface area contributed by atoms with Crippen LogP contribution in [0, 0.1) is 13.8 Å². The Bertz CT molecular complexity index is 436. The van der Waals surface area contributed by atoms with Crippen LogP contribution >= 0.6 is 24.0 Å². The molecule has 0 fully saturated rings. The summed E-state index contributed by atoms with van der Waals surface area (Å²) in [6, 6.07) is 6.51. The number of rotatable bonds is 7. The van der Waals surface area contributed by atoms with E-state index in [1.54, 1.807) is 7.05 Å². The van der Waals surface area contributed by atoms with Crippen molar-refractivity contribution >= 4 is 29.9 Å². The normalized spacial score (nSPS) is 11.0. The highest BCUT2D eigenvalue weighted by Crippen LogP contribution is 2.09. The Hall–Kier alpha value is -0.820. The molecule has 1 aromatic rings. The zero-order valence-electron chi connectivity index (χ0n) is 13.5. The molecule has 0 unspecified atom stereocenters. The first kappa shape index (κ1) is 20.2. The van der Waals surface area contributed by atoms with Gasteiger partial charge in [-0.1, -0.05) is 23.8 Å². The maximum absolute atomic E-state index is 5.30. The third kappa shape index (κ3) is 8.26. The van der Waals surface area contributed by atoms with Crippen LogP contribution in [0.3, 0.4) is 0 Å². The van der Waals surface area contributed by atoms with Gasteiger partial charge >= 0.3 is 0 Å². The fraction of sp³-hybridized carbons (Fsp3) is 0.562.